The summed E-state index contributed by atoms with van der Waals surface area (Å²) in [5.41, 5.74) is 2.76. The first-order valence-electron chi connectivity index (χ1n) is 6.92. The van der Waals surface area contributed by atoms with E-state index in [9.17, 15) is 8.42 Å². The molecule has 1 heterocycles. The van der Waals surface area contributed by atoms with Gasteiger partial charge in [0, 0.05) is 11.8 Å². The highest BCUT2D eigenvalue weighted by molar-refractivity contribution is 7.92. The van der Waals surface area contributed by atoms with E-state index in [0.717, 1.165) is 5.56 Å². The van der Waals surface area contributed by atoms with E-state index in [1.807, 2.05) is 12.1 Å². The number of benzene rings is 2. The van der Waals surface area contributed by atoms with Gasteiger partial charge in [0.2, 0.25) is 0 Å². The van der Waals surface area contributed by atoms with Crippen molar-refractivity contribution in [3.8, 4) is 0 Å². The lowest BCUT2D eigenvalue weighted by molar-refractivity contribution is 0.594. The van der Waals surface area contributed by atoms with Crippen LogP contribution in [0.25, 0.3) is 11.1 Å². The minimum absolute atomic E-state index is 0.143. The van der Waals surface area contributed by atoms with Gasteiger partial charge >= 0.3 is 0 Å². The third-order valence-electron chi connectivity index (χ3n) is 3.44. The SMILES string of the molecule is CC(C)c1ccc(NS(=O)(=O)c2ccc3ncoc3c2)cc1. The molecule has 3 rings (SSSR count). The number of nitrogens with one attached hydrogen (secondary N) is 1. The van der Waals surface area contributed by atoms with Crippen LogP contribution in [0, 0.1) is 0 Å². The Morgan fingerprint density at radius 1 is 1.09 bits per heavy atom. The fourth-order valence-corrected chi connectivity index (χ4v) is 3.23. The molecular weight excluding hydrogens is 300 g/mol. The van der Waals surface area contributed by atoms with Gasteiger partial charge in [-0.05, 0) is 35.7 Å². The number of sulfonamides is 1. The fraction of sp³-hybridized carbons (Fsp3) is 0.188. The fourth-order valence-electron chi connectivity index (χ4n) is 2.15. The highest BCUT2D eigenvalue weighted by atomic mass is 32.2. The molecule has 5 nitrogen and oxygen atoms in total. The number of fused-ring (bicyclic) bond motifs is 1. The minimum atomic E-state index is -3.65. The molecule has 1 aromatic heterocycles. The second-order valence-electron chi connectivity index (χ2n) is 5.36. The molecule has 0 unspecified atom stereocenters. The van der Waals surface area contributed by atoms with Crippen LogP contribution in [0.5, 0.6) is 0 Å². The zero-order valence-corrected chi connectivity index (χ0v) is 13.1. The Morgan fingerprint density at radius 2 is 1.82 bits per heavy atom. The molecule has 22 heavy (non-hydrogen) atoms. The molecule has 0 atom stereocenters. The van der Waals surface area contributed by atoms with Crippen molar-refractivity contribution in [1.29, 1.82) is 0 Å². The van der Waals surface area contributed by atoms with Gasteiger partial charge in [-0.25, -0.2) is 13.4 Å². The lowest BCUT2D eigenvalue weighted by Gasteiger charge is -2.10. The molecule has 0 radical (unpaired) electrons. The third-order valence-corrected chi connectivity index (χ3v) is 4.82. The van der Waals surface area contributed by atoms with Crippen LogP contribution in [0.15, 0.2) is 58.2 Å². The molecule has 0 spiro atoms. The molecule has 114 valence electrons. The summed E-state index contributed by atoms with van der Waals surface area (Å²) in [4.78, 5) is 4.11. The van der Waals surface area contributed by atoms with Crippen molar-refractivity contribution in [1.82, 2.24) is 4.98 Å². The van der Waals surface area contributed by atoms with Gasteiger partial charge in [-0.3, -0.25) is 4.72 Å². The first-order chi connectivity index (χ1) is 10.5. The summed E-state index contributed by atoms with van der Waals surface area (Å²) in [6, 6.07) is 12.0. The van der Waals surface area contributed by atoms with Crippen LogP contribution in [0.3, 0.4) is 0 Å². The van der Waals surface area contributed by atoms with E-state index in [4.69, 9.17) is 4.42 Å². The Hall–Kier alpha value is -2.34. The van der Waals surface area contributed by atoms with Crippen molar-refractivity contribution < 1.29 is 12.8 Å². The number of nitrogens with zero attached hydrogens (tertiary/aromatic N) is 1. The van der Waals surface area contributed by atoms with Crippen molar-refractivity contribution in [3.63, 3.8) is 0 Å². The van der Waals surface area contributed by atoms with E-state index in [2.05, 4.69) is 23.6 Å². The van der Waals surface area contributed by atoms with Gasteiger partial charge in [0.15, 0.2) is 12.0 Å². The molecule has 0 fully saturated rings. The molecule has 0 amide bonds. The maximum Gasteiger partial charge on any atom is 0.262 e. The lowest BCUT2D eigenvalue weighted by Crippen LogP contribution is -2.12. The van der Waals surface area contributed by atoms with Gasteiger partial charge < -0.3 is 4.42 Å². The second-order valence-corrected chi connectivity index (χ2v) is 7.05. The molecule has 6 heteroatoms. The number of anilines is 1. The maximum absolute atomic E-state index is 12.4. The Labute approximate surface area is 129 Å². The zero-order chi connectivity index (χ0) is 15.7. The van der Waals surface area contributed by atoms with Crippen LogP contribution in [-0.2, 0) is 10.0 Å². The molecule has 0 aliphatic rings. The van der Waals surface area contributed by atoms with E-state index in [1.54, 1.807) is 18.2 Å². The molecular formula is C16H16N2O3S. The van der Waals surface area contributed by atoms with E-state index in [0.29, 0.717) is 22.7 Å². The predicted octanol–water partition coefficient (Wildman–Crippen LogP) is 3.75. The molecule has 0 aliphatic heterocycles. The molecule has 2 aromatic carbocycles. The smallest absolute Gasteiger partial charge is 0.262 e. The second kappa shape index (κ2) is 5.46. The summed E-state index contributed by atoms with van der Waals surface area (Å²) < 4.78 is 32.5. The summed E-state index contributed by atoms with van der Waals surface area (Å²) in [7, 11) is -3.65. The number of hydrogen-bond donors (Lipinski definition) is 1. The lowest BCUT2D eigenvalue weighted by atomic mass is 10.0. The quantitative estimate of drug-likeness (QED) is 0.795. The van der Waals surface area contributed by atoms with E-state index < -0.39 is 10.0 Å². The maximum atomic E-state index is 12.4. The largest absolute Gasteiger partial charge is 0.443 e. The monoisotopic (exact) mass is 316 g/mol. The molecule has 1 N–H and O–H groups in total. The number of oxazole rings is 1. The van der Waals surface area contributed by atoms with Crippen molar-refractivity contribution in [3.05, 3.63) is 54.4 Å². The van der Waals surface area contributed by atoms with Crippen LogP contribution < -0.4 is 4.72 Å². The average molecular weight is 316 g/mol. The summed E-state index contributed by atoms with van der Waals surface area (Å²) in [5, 5.41) is 0. The van der Waals surface area contributed by atoms with Gasteiger partial charge in [0.1, 0.15) is 5.52 Å². The minimum Gasteiger partial charge on any atom is -0.443 e. The summed E-state index contributed by atoms with van der Waals surface area (Å²) in [5.74, 6) is 0.402. The molecule has 0 saturated heterocycles. The zero-order valence-electron chi connectivity index (χ0n) is 12.3. The van der Waals surface area contributed by atoms with Crippen molar-refractivity contribution in [2.24, 2.45) is 0 Å². The van der Waals surface area contributed by atoms with Crippen LogP contribution in [0.2, 0.25) is 0 Å². The van der Waals surface area contributed by atoms with E-state index in [1.165, 1.54) is 18.5 Å². The third kappa shape index (κ3) is 2.82. The number of aromatic nitrogens is 1. The highest BCUT2D eigenvalue weighted by Gasteiger charge is 2.16. The number of rotatable bonds is 4. The van der Waals surface area contributed by atoms with E-state index >= 15 is 0 Å². The summed E-state index contributed by atoms with van der Waals surface area (Å²) >= 11 is 0. The Morgan fingerprint density at radius 3 is 2.50 bits per heavy atom. The van der Waals surface area contributed by atoms with Gasteiger partial charge in [0.05, 0.1) is 4.90 Å². The van der Waals surface area contributed by atoms with Crippen LogP contribution in [0.1, 0.15) is 25.3 Å². The highest BCUT2D eigenvalue weighted by Crippen LogP contribution is 2.22. The molecule has 0 saturated carbocycles. The number of hydrogen-bond acceptors (Lipinski definition) is 4. The van der Waals surface area contributed by atoms with Gasteiger partial charge in [-0.2, -0.15) is 0 Å². The Kier molecular flexibility index (Phi) is 3.62. The molecule has 0 bridgehead atoms. The Balaban J connectivity index is 1.89. The predicted molar refractivity (Wildman–Crippen MR) is 85.3 cm³/mol. The first-order valence-corrected chi connectivity index (χ1v) is 8.40. The van der Waals surface area contributed by atoms with E-state index in [-0.39, 0.29) is 4.90 Å². The van der Waals surface area contributed by atoms with Crippen molar-refractivity contribution >= 4 is 26.8 Å². The molecule has 0 aliphatic carbocycles. The topological polar surface area (TPSA) is 72.2 Å². The first kappa shape index (κ1) is 14.6. The Bertz CT molecular complexity index is 897. The van der Waals surface area contributed by atoms with Gasteiger partial charge in [-0.1, -0.05) is 26.0 Å². The van der Waals surface area contributed by atoms with Gasteiger partial charge in [-0.15, -0.1) is 0 Å². The van der Waals surface area contributed by atoms with Crippen LogP contribution >= 0.6 is 0 Å². The van der Waals surface area contributed by atoms with Crippen molar-refractivity contribution in [2.75, 3.05) is 4.72 Å². The summed E-state index contributed by atoms with van der Waals surface area (Å²) in [6.07, 6.45) is 1.29. The summed E-state index contributed by atoms with van der Waals surface area (Å²) in [6.45, 7) is 4.18. The van der Waals surface area contributed by atoms with Crippen LogP contribution in [-0.4, -0.2) is 13.4 Å². The van der Waals surface area contributed by atoms with Crippen molar-refractivity contribution in [2.45, 2.75) is 24.7 Å². The average Bonchev–Trinajstić information content (AvgIpc) is 2.94. The van der Waals surface area contributed by atoms with Crippen LogP contribution in [0.4, 0.5) is 5.69 Å². The molecule has 3 aromatic rings. The standard InChI is InChI=1S/C16H16N2O3S/c1-11(2)12-3-5-13(6-4-12)18-22(19,20)14-7-8-15-16(9-14)21-10-17-15/h3-11,18H,1-2H3. The van der Waals surface area contributed by atoms with Gasteiger partial charge in [0.25, 0.3) is 10.0 Å². The normalized spacial score (nSPS) is 12.0.